The third-order valence-electron chi connectivity index (χ3n) is 18.9. The minimum absolute atomic E-state index is 0.0510. The van der Waals surface area contributed by atoms with Crippen molar-refractivity contribution < 1.29 is 94.2 Å². The fraction of sp³-hybridized carbons (Fsp3) is 0.915. The van der Waals surface area contributed by atoms with Gasteiger partial charge in [-0.3, -0.25) is 4.79 Å². The molecule has 19 nitrogen and oxygen atoms in total. The molecule has 8 aliphatic rings. The van der Waals surface area contributed by atoms with Crippen molar-refractivity contribution in [2.75, 3.05) is 13.2 Å². The third kappa shape index (κ3) is 7.64. The van der Waals surface area contributed by atoms with Gasteiger partial charge in [-0.2, -0.15) is 0 Å². The Morgan fingerprint density at radius 2 is 1.38 bits per heavy atom. The summed E-state index contributed by atoms with van der Waals surface area (Å²) in [6.07, 6.45) is -17.8. The number of aliphatic hydroxyl groups is 10. The fourth-order valence-electron chi connectivity index (χ4n) is 14.8. The second-order valence-electron chi connectivity index (χ2n) is 23.2. The first-order chi connectivity index (χ1) is 30.7. The third-order valence-corrected chi connectivity index (χ3v) is 18.9. The van der Waals surface area contributed by atoms with Gasteiger partial charge >= 0.3 is 11.9 Å². The van der Waals surface area contributed by atoms with Gasteiger partial charge in [-0.1, -0.05) is 60.1 Å². The van der Waals surface area contributed by atoms with Gasteiger partial charge < -0.3 is 84.6 Å². The smallest absolute Gasteiger partial charge is 0.335 e. The number of carboxylic acid groups (broad SMARTS) is 1. The molecule has 0 bridgehead atoms. The van der Waals surface area contributed by atoms with Gasteiger partial charge in [-0.15, -0.1) is 0 Å². The standard InChI is InChI=1S/C47H74O19/c1-42(2)14-15-47(41(60)66-38-31(54)28(51)22(49)19-61-38)21(16-42)20-8-9-25-44(5)12-11-27(43(3,4)24(44)10-13-45(25,6)46(20,7)17-26(47)50)63-40-34(57)35(33(56)36(65-40)37(58)59)64-39-32(55)30(53)29(52)23(18-48)62-39/h8,21-36,38-40,48-57H,9-19H2,1-7H3,(H,58,59). The summed E-state index contributed by atoms with van der Waals surface area (Å²) in [6.45, 7) is 14.3. The monoisotopic (exact) mass is 942 g/mol. The van der Waals surface area contributed by atoms with E-state index in [4.69, 9.17) is 28.4 Å². The lowest BCUT2D eigenvalue weighted by atomic mass is 9.33. The molecule has 0 spiro atoms. The van der Waals surface area contributed by atoms with Crippen molar-refractivity contribution in [1.29, 1.82) is 0 Å². The number of hydrogen-bond donors (Lipinski definition) is 11. The van der Waals surface area contributed by atoms with Crippen LogP contribution in [-0.2, 0) is 38.0 Å². The molecule has 19 heteroatoms. The number of esters is 1. The van der Waals surface area contributed by atoms with Crippen molar-refractivity contribution in [2.24, 2.45) is 50.2 Å². The summed E-state index contributed by atoms with van der Waals surface area (Å²) in [4.78, 5) is 27.0. The fourth-order valence-corrected chi connectivity index (χ4v) is 14.8. The summed E-state index contributed by atoms with van der Waals surface area (Å²) in [5, 5.41) is 117. The maximum absolute atomic E-state index is 14.6. The highest BCUT2D eigenvalue weighted by molar-refractivity contribution is 5.80. The SMILES string of the molecule is CC1(C)CCC2(C(=O)OC3OCC(O)C(O)C3O)C(O)CC3(C)C(=CCC4C5(C)CCC(OC6OC(C(=O)O)C(O)C(OC7OC(CO)C(O)C(O)C7O)C6O)C(C)(C)C5CCC43C)C2C1. The number of carbonyl (C=O) groups is 2. The topological polar surface area (TPSA) is 312 Å². The molecule has 66 heavy (non-hydrogen) atoms. The first-order valence-electron chi connectivity index (χ1n) is 23.8. The minimum atomic E-state index is -1.98. The molecule has 0 aromatic rings. The van der Waals surface area contributed by atoms with Crippen molar-refractivity contribution >= 4 is 11.9 Å². The predicted octanol–water partition coefficient (Wildman–Crippen LogP) is -0.157. The molecule has 23 unspecified atom stereocenters. The molecule has 3 heterocycles. The van der Waals surface area contributed by atoms with Crippen LogP contribution >= 0.6 is 0 Å². The Labute approximate surface area is 385 Å². The molecule has 8 rings (SSSR count). The summed E-state index contributed by atoms with van der Waals surface area (Å²) in [6, 6.07) is 0. The van der Waals surface area contributed by atoms with Crippen molar-refractivity contribution in [2.45, 2.75) is 204 Å². The highest BCUT2D eigenvalue weighted by Gasteiger charge is 2.72. The summed E-state index contributed by atoms with van der Waals surface area (Å²) in [5.41, 5.74) is -2.09. The maximum atomic E-state index is 14.6. The number of rotatable bonds is 8. The van der Waals surface area contributed by atoms with E-state index in [0.29, 0.717) is 44.9 Å². The molecule has 4 saturated carbocycles. The second kappa shape index (κ2) is 17.4. The van der Waals surface area contributed by atoms with Crippen LogP contribution in [0.4, 0.5) is 0 Å². The molecule has 0 aromatic carbocycles. The van der Waals surface area contributed by atoms with E-state index in [2.05, 4.69) is 54.5 Å². The van der Waals surface area contributed by atoms with E-state index >= 15 is 0 Å². The Kier molecular flexibility index (Phi) is 13.3. The molecule has 5 aliphatic carbocycles. The van der Waals surface area contributed by atoms with Gasteiger partial charge in [0.15, 0.2) is 18.7 Å². The second-order valence-corrected chi connectivity index (χ2v) is 23.2. The van der Waals surface area contributed by atoms with E-state index in [1.165, 1.54) is 0 Å². The van der Waals surface area contributed by atoms with Crippen molar-refractivity contribution in [3.63, 3.8) is 0 Å². The molecule has 0 aromatic heterocycles. The number of carboxylic acids is 1. The van der Waals surface area contributed by atoms with Crippen LogP contribution in [0.1, 0.15) is 106 Å². The normalized spacial score (nSPS) is 53.2. The lowest BCUT2D eigenvalue weighted by molar-refractivity contribution is -0.365. The summed E-state index contributed by atoms with van der Waals surface area (Å²) < 4.78 is 34.9. The molecular weight excluding hydrogens is 868 g/mol. The average molecular weight is 943 g/mol. The molecule has 0 amide bonds. The van der Waals surface area contributed by atoms with Crippen LogP contribution in [0.15, 0.2) is 11.6 Å². The van der Waals surface area contributed by atoms with Crippen LogP contribution in [0.5, 0.6) is 0 Å². The lowest BCUT2D eigenvalue weighted by Gasteiger charge is -2.71. The van der Waals surface area contributed by atoms with Crippen LogP contribution in [0, 0.1) is 50.2 Å². The summed E-state index contributed by atoms with van der Waals surface area (Å²) in [5.74, 6) is -2.46. The highest BCUT2D eigenvalue weighted by Crippen LogP contribution is 2.76. The Morgan fingerprint density at radius 1 is 0.712 bits per heavy atom. The van der Waals surface area contributed by atoms with Gasteiger partial charge in [-0.25, -0.2) is 4.79 Å². The average Bonchev–Trinajstić information content (AvgIpc) is 3.24. The molecule has 3 aliphatic heterocycles. The zero-order valence-corrected chi connectivity index (χ0v) is 39.0. The van der Waals surface area contributed by atoms with Gasteiger partial charge in [0.25, 0.3) is 0 Å². The summed E-state index contributed by atoms with van der Waals surface area (Å²) >= 11 is 0. The Bertz CT molecular complexity index is 1860. The first kappa shape index (κ1) is 50.5. The number of carbonyl (C=O) groups excluding carboxylic acids is 1. The lowest BCUT2D eigenvalue weighted by Crippen LogP contribution is -2.68. The molecule has 7 fully saturated rings. The Hall–Kier alpha value is -1.92. The van der Waals surface area contributed by atoms with E-state index in [9.17, 15) is 65.8 Å². The number of fused-ring (bicyclic) bond motifs is 7. The zero-order chi connectivity index (χ0) is 48.4. The van der Waals surface area contributed by atoms with E-state index in [1.807, 2.05) is 0 Å². The van der Waals surface area contributed by atoms with Crippen LogP contribution < -0.4 is 0 Å². The van der Waals surface area contributed by atoms with E-state index in [-0.39, 0.29) is 40.6 Å². The van der Waals surface area contributed by atoms with E-state index in [0.717, 1.165) is 18.4 Å². The number of ether oxygens (including phenoxy) is 6. The quantitative estimate of drug-likeness (QED) is 0.0856. The van der Waals surface area contributed by atoms with Crippen molar-refractivity contribution in [1.82, 2.24) is 0 Å². The Morgan fingerprint density at radius 3 is 2.05 bits per heavy atom. The molecule has 11 N–H and O–H groups in total. The predicted molar refractivity (Wildman–Crippen MR) is 226 cm³/mol. The number of allylic oxidation sites excluding steroid dienone is 2. The van der Waals surface area contributed by atoms with Gasteiger partial charge in [0.2, 0.25) is 6.29 Å². The maximum Gasteiger partial charge on any atom is 0.335 e. The van der Waals surface area contributed by atoms with E-state index < -0.39 is 133 Å². The molecule has 23 atom stereocenters. The zero-order valence-electron chi connectivity index (χ0n) is 39.0. The number of aliphatic carboxylic acids is 1. The van der Waals surface area contributed by atoms with E-state index in [1.54, 1.807) is 0 Å². The van der Waals surface area contributed by atoms with Gasteiger partial charge in [0.05, 0.1) is 25.4 Å². The minimum Gasteiger partial charge on any atom is -0.479 e. The van der Waals surface area contributed by atoms with Crippen LogP contribution in [0.25, 0.3) is 0 Å². The van der Waals surface area contributed by atoms with Crippen LogP contribution in [-0.4, -0.2) is 180 Å². The molecule has 0 radical (unpaired) electrons. The number of aliphatic hydroxyl groups excluding tert-OH is 10. The Balaban J connectivity index is 1.04. The molecule has 376 valence electrons. The van der Waals surface area contributed by atoms with Gasteiger partial charge in [0.1, 0.15) is 66.5 Å². The highest BCUT2D eigenvalue weighted by atomic mass is 16.7. The van der Waals surface area contributed by atoms with Crippen LogP contribution in [0.2, 0.25) is 0 Å². The van der Waals surface area contributed by atoms with Crippen LogP contribution in [0.3, 0.4) is 0 Å². The van der Waals surface area contributed by atoms with Gasteiger partial charge in [0, 0.05) is 0 Å². The van der Waals surface area contributed by atoms with Crippen molar-refractivity contribution in [3.05, 3.63) is 11.6 Å². The molecule has 3 saturated heterocycles. The largest absolute Gasteiger partial charge is 0.479 e. The molecular formula is C47H74O19. The van der Waals surface area contributed by atoms with Crippen molar-refractivity contribution in [3.8, 4) is 0 Å². The first-order valence-corrected chi connectivity index (χ1v) is 23.8. The summed E-state index contributed by atoms with van der Waals surface area (Å²) in [7, 11) is 0. The number of hydrogen-bond acceptors (Lipinski definition) is 18. The van der Waals surface area contributed by atoms with Gasteiger partial charge in [-0.05, 0) is 103 Å².